The summed E-state index contributed by atoms with van der Waals surface area (Å²) in [6.07, 6.45) is 3.44. The predicted molar refractivity (Wildman–Crippen MR) is 80.6 cm³/mol. The van der Waals surface area contributed by atoms with Gasteiger partial charge in [0.1, 0.15) is 17.8 Å². The van der Waals surface area contributed by atoms with Gasteiger partial charge in [-0.3, -0.25) is 0 Å². The quantitative estimate of drug-likeness (QED) is 0.758. The molecule has 0 amide bonds. The van der Waals surface area contributed by atoms with Crippen molar-refractivity contribution in [3.8, 4) is 0 Å². The molecule has 0 saturated carbocycles. The molecule has 0 saturated heterocycles. The van der Waals surface area contributed by atoms with Gasteiger partial charge in [0.15, 0.2) is 5.82 Å². The number of hydrogen-bond acceptors (Lipinski definition) is 6. The molecule has 1 atom stereocenters. The third-order valence-electron chi connectivity index (χ3n) is 3.44. The van der Waals surface area contributed by atoms with Crippen LogP contribution in [0.1, 0.15) is 6.92 Å². The first kappa shape index (κ1) is 11.7. The van der Waals surface area contributed by atoms with Gasteiger partial charge >= 0.3 is 0 Å². The van der Waals surface area contributed by atoms with E-state index in [9.17, 15) is 0 Å². The smallest absolute Gasteiger partial charge is 0.151 e. The first-order valence-electron chi connectivity index (χ1n) is 6.56. The maximum atomic E-state index is 4.42. The number of anilines is 3. The van der Waals surface area contributed by atoms with E-state index < -0.39 is 0 Å². The first-order chi connectivity index (χ1) is 9.81. The molecule has 1 aliphatic rings. The fourth-order valence-electron chi connectivity index (χ4n) is 2.44. The van der Waals surface area contributed by atoms with Crippen molar-refractivity contribution < 1.29 is 0 Å². The molecule has 0 spiro atoms. The average Bonchev–Trinajstić information content (AvgIpc) is 3.06. The first-order valence-corrected chi connectivity index (χ1v) is 7.44. The predicted octanol–water partition coefficient (Wildman–Crippen LogP) is 2.69. The summed E-state index contributed by atoms with van der Waals surface area (Å²) in [7, 11) is 0. The minimum atomic E-state index is 0.596. The highest BCUT2D eigenvalue weighted by Gasteiger charge is 2.19. The van der Waals surface area contributed by atoms with Gasteiger partial charge in [-0.2, -0.15) is 5.10 Å². The molecule has 0 fully saturated rings. The van der Waals surface area contributed by atoms with Crippen LogP contribution in [0, 0.1) is 5.92 Å². The standard InChI is InChI=1S/C13H14N6S/c1-8-4-14-13-10(5-17-19(13)6-8)18-12-11-9(2-3-20-11)15-7-16-12/h2-3,5,7-8,14H,4,6H2,1H3,(H,15,16,18)/t8-/m0/s1. The zero-order valence-electron chi connectivity index (χ0n) is 11.0. The minimum absolute atomic E-state index is 0.596. The highest BCUT2D eigenvalue weighted by atomic mass is 32.1. The SMILES string of the molecule is C[C@H]1CNc2c(Nc3ncnc4ccsc34)cnn2C1. The second-order valence-electron chi connectivity index (χ2n) is 5.06. The lowest BCUT2D eigenvalue weighted by atomic mass is 10.1. The third-order valence-corrected chi connectivity index (χ3v) is 4.35. The van der Waals surface area contributed by atoms with Crippen molar-refractivity contribution >= 4 is 38.9 Å². The van der Waals surface area contributed by atoms with E-state index in [-0.39, 0.29) is 0 Å². The molecule has 0 unspecified atom stereocenters. The highest BCUT2D eigenvalue weighted by molar-refractivity contribution is 7.17. The van der Waals surface area contributed by atoms with Gasteiger partial charge in [0.05, 0.1) is 16.4 Å². The molecule has 2 N–H and O–H groups in total. The molecule has 4 heterocycles. The number of aromatic nitrogens is 4. The van der Waals surface area contributed by atoms with E-state index in [1.165, 1.54) is 0 Å². The number of hydrogen-bond donors (Lipinski definition) is 2. The Hall–Kier alpha value is -2.15. The largest absolute Gasteiger partial charge is 0.368 e. The number of nitrogens with zero attached hydrogens (tertiary/aromatic N) is 4. The van der Waals surface area contributed by atoms with Crippen LogP contribution in [0.15, 0.2) is 24.0 Å². The lowest BCUT2D eigenvalue weighted by molar-refractivity contribution is 0.445. The maximum Gasteiger partial charge on any atom is 0.151 e. The number of nitrogens with one attached hydrogen (secondary N) is 2. The zero-order chi connectivity index (χ0) is 13.5. The number of fused-ring (bicyclic) bond motifs is 2. The Labute approximate surface area is 119 Å². The molecule has 1 aliphatic heterocycles. The fraction of sp³-hybridized carbons (Fsp3) is 0.308. The van der Waals surface area contributed by atoms with E-state index in [2.05, 4.69) is 32.6 Å². The minimum Gasteiger partial charge on any atom is -0.368 e. The maximum absolute atomic E-state index is 4.42. The monoisotopic (exact) mass is 286 g/mol. The summed E-state index contributed by atoms with van der Waals surface area (Å²) in [6, 6.07) is 2.00. The van der Waals surface area contributed by atoms with E-state index in [1.54, 1.807) is 17.7 Å². The molecular formula is C13H14N6S. The molecule has 0 bridgehead atoms. The normalized spacial score (nSPS) is 17.8. The number of thiophene rings is 1. The van der Waals surface area contributed by atoms with Crippen molar-refractivity contribution in [2.75, 3.05) is 17.2 Å². The molecule has 102 valence electrons. The summed E-state index contributed by atoms with van der Waals surface area (Å²) >= 11 is 1.64. The number of rotatable bonds is 2. The van der Waals surface area contributed by atoms with Gasteiger partial charge in [-0.05, 0) is 17.4 Å². The van der Waals surface area contributed by atoms with Crippen molar-refractivity contribution in [2.45, 2.75) is 13.5 Å². The topological polar surface area (TPSA) is 67.7 Å². The summed E-state index contributed by atoms with van der Waals surface area (Å²) in [4.78, 5) is 8.59. The third kappa shape index (κ3) is 1.82. The summed E-state index contributed by atoms with van der Waals surface area (Å²) in [6.45, 7) is 4.13. The van der Waals surface area contributed by atoms with Crippen LogP contribution in [0.4, 0.5) is 17.3 Å². The Balaban J connectivity index is 1.71. The molecule has 0 aliphatic carbocycles. The lowest BCUT2D eigenvalue weighted by Gasteiger charge is -2.22. The average molecular weight is 286 g/mol. The van der Waals surface area contributed by atoms with Crippen LogP contribution in [-0.4, -0.2) is 26.3 Å². The van der Waals surface area contributed by atoms with Crippen molar-refractivity contribution in [1.82, 2.24) is 19.7 Å². The second-order valence-corrected chi connectivity index (χ2v) is 5.97. The fourth-order valence-corrected chi connectivity index (χ4v) is 3.23. The molecule has 6 nitrogen and oxygen atoms in total. The Morgan fingerprint density at radius 3 is 3.35 bits per heavy atom. The van der Waals surface area contributed by atoms with E-state index in [1.807, 2.05) is 22.3 Å². The van der Waals surface area contributed by atoms with Gasteiger partial charge in [-0.15, -0.1) is 11.3 Å². The Morgan fingerprint density at radius 1 is 1.45 bits per heavy atom. The van der Waals surface area contributed by atoms with Crippen LogP contribution in [0.2, 0.25) is 0 Å². The van der Waals surface area contributed by atoms with E-state index in [0.29, 0.717) is 5.92 Å². The van der Waals surface area contributed by atoms with E-state index in [0.717, 1.165) is 40.6 Å². The van der Waals surface area contributed by atoms with Gasteiger partial charge in [0.25, 0.3) is 0 Å². The van der Waals surface area contributed by atoms with E-state index in [4.69, 9.17) is 0 Å². The molecular weight excluding hydrogens is 272 g/mol. The Morgan fingerprint density at radius 2 is 2.40 bits per heavy atom. The molecule has 4 rings (SSSR count). The van der Waals surface area contributed by atoms with Crippen molar-refractivity contribution in [1.29, 1.82) is 0 Å². The zero-order valence-corrected chi connectivity index (χ0v) is 11.8. The molecule has 7 heteroatoms. The molecule has 3 aromatic heterocycles. The summed E-state index contributed by atoms with van der Waals surface area (Å²) < 4.78 is 3.07. The van der Waals surface area contributed by atoms with Crippen LogP contribution < -0.4 is 10.6 Å². The van der Waals surface area contributed by atoms with Gasteiger partial charge < -0.3 is 10.6 Å². The van der Waals surface area contributed by atoms with Gasteiger partial charge in [0.2, 0.25) is 0 Å². The van der Waals surface area contributed by atoms with E-state index >= 15 is 0 Å². The second kappa shape index (κ2) is 4.45. The molecule has 20 heavy (non-hydrogen) atoms. The van der Waals surface area contributed by atoms with Crippen molar-refractivity contribution in [2.24, 2.45) is 5.92 Å². The molecule has 0 radical (unpaired) electrons. The van der Waals surface area contributed by atoms with Crippen LogP contribution in [0.25, 0.3) is 10.2 Å². The van der Waals surface area contributed by atoms with Gasteiger partial charge in [-0.25, -0.2) is 14.6 Å². The Bertz CT molecular complexity index is 761. The van der Waals surface area contributed by atoms with Crippen molar-refractivity contribution in [3.05, 3.63) is 24.0 Å². The van der Waals surface area contributed by atoms with Crippen LogP contribution >= 0.6 is 11.3 Å². The lowest BCUT2D eigenvalue weighted by Crippen LogP contribution is -2.25. The van der Waals surface area contributed by atoms with Gasteiger partial charge in [-0.1, -0.05) is 6.92 Å². The van der Waals surface area contributed by atoms with Gasteiger partial charge in [0, 0.05) is 13.1 Å². The molecule has 3 aromatic rings. The molecule has 0 aromatic carbocycles. The summed E-state index contributed by atoms with van der Waals surface area (Å²) in [5.74, 6) is 2.46. The van der Waals surface area contributed by atoms with Crippen LogP contribution in [0.3, 0.4) is 0 Å². The summed E-state index contributed by atoms with van der Waals surface area (Å²) in [5, 5.41) is 13.2. The van der Waals surface area contributed by atoms with Crippen molar-refractivity contribution in [3.63, 3.8) is 0 Å². The van der Waals surface area contributed by atoms with Crippen LogP contribution in [-0.2, 0) is 6.54 Å². The summed E-state index contributed by atoms with van der Waals surface area (Å²) in [5.41, 5.74) is 1.93. The highest BCUT2D eigenvalue weighted by Crippen LogP contribution is 2.32. The van der Waals surface area contributed by atoms with Crippen LogP contribution in [0.5, 0.6) is 0 Å². The Kier molecular flexibility index (Phi) is 2.59.